The lowest BCUT2D eigenvalue weighted by molar-refractivity contribution is 0.0950. The number of hydrogen-bond acceptors (Lipinski definition) is 6. The first-order valence-corrected chi connectivity index (χ1v) is 7.63. The Balaban J connectivity index is 1.77. The molecule has 7 heteroatoms. The fraction of sp³-hybridized carbons (Fsp3) is 0.278. The summed E-state index contributed by atoms with van der Waals surface area (Å²) in [6, 6.07) is 8.53. The molecule has 1 N–H and O–H groups in total. The minimum Gasteiger partial charge on any atom is -0.496 e. The molecule has 0 bridgehead atoms. The third-order valence-electron chi connectivity index (χ3n) is 3.88. The predicted octanol–water partition coefficient (Wildman–Crippen LogP) is 2.37. The number of fused-ring (bicyclic) bond motifs is 1. The summed E-state index contributed by atoms with van der Waals surface area (Å²) in [5.74, 6) is 2.71. The fourth-order valence-electron chi connectivity index (χ4n) is 2.56. The van der Waals surface area contributed by atoms with Gasteiger partial charge in [0.2, 0.25) is 6.79 Å². The third kappa shape index (κ3) is 3.40. The normalized spacial score (nSPS) is 11.8. The van der Waals surface area contributed by atoms with Crippen LogP contribution in [0.2, 0.25) is 0 Å². The summed E-state index contributed by atoms with van der Waals surface area (Å²) >= 11 is 0. The van der Waals surface area contributed by atoms with Crippen molar-refractivity contribution in [2.75, 3.05) is 28.1 Å². The lowest BCUT2D eigenvalue weighted by Gasteiger charge is -2.15. The van der Waals surface area contributed by atoms with E-state index in [4.69, 9.17) is 23.7 Å². The number of carbonyl (C=O) groups is 1. The Morgan fingerprint density at radius 3 is 2.32 bits per heavy atom. The summed E-state index contributed by atoms with van der Waals surface area (Å²) in [6.45, 7) is 0.407. The molecular formula is C18H19NO6. The number of nitrogens with one attached hydrogen (secondary N) is 1. The summed E-state index contributed by atoms with van der Waals surface area (Å²) in [4.78, 5) is 12.4. The molecule has 0 saturated heterocycles. The van der Waals surface area contributed by atoms with Gasteiger partial charge >= 0.3 is 0 Å². The second-order valence-electron chi connectivity index (χ2n) is 5.26. The largest absolute Gasteiger partial charge is 0.496 e. The van der Waals surface area contributed by atoms with Crippen LogP contribution in [0.5, 0.6) is 28.7 Å². The van der Waals surface area contributed by atoms with E-state index in [9.17, 15) is 4.79 Å². The number of ether oxygens (including phenoxy) is 5. The molecule has 7 nitrogen and oxygen atoms in total. The Bertz CT molecular complexity index is 764. The van der Waals surface area contributed by atoms with Crippen molar-refractivity contribution in [3.05, 3.63) is 41.5 Å². The van der Waals surface area contributed by atoms with E-state index in [0.717, 1.165) is 5.56 Å². The van der Waals surface area contributed by atoms with Gasteiger partial charge in [0.05, 0.1) is 33.4 Å². The standard InChI is InChI=1S/C18H19NO6/c1-21-12-7-15(22-2)13(16(8-12)23-3)9-19-18(20)11-4-5-14-17(6-11)25-10-24-14/h4-8H,9-10H2,1-3H3,(H,19,20). The van der Waals surface area contributed by atoms with Gasteiger partial charge in [0.25, 0.3) is 5.91 Å². The van der Waals surface area contributed by atoms with Crippen LogP contribution in [0.4, 0.5) is 0 Å². The quantitative estimate of drug-likeness (QED) is 0.866. The molecule has 0 spiro atoms. The summed E-state index contributed by atoms with van der Waals surface area (Å²) in [7, 11) is 4.67. The van der Waals surface area contributed by atoms with Gasteiger partial charge in [0.1, 0.15) is 17.2 Å². The molecule has 0 radical (unpaired) electrons. The zero-order chi connectivity index (χ0) is 17.8. The molecule has 132 valence electrons. The van der Waals surface area contributed by atoms with Gasteiger partial charge in [0.15, 0.2) is 11.5 Å². The van der Waals surface area contributed by atoms with E-state index in [-0.39, 0.29) is 19.2 Å². The Morgan fingerprint density at radius 1 is 1.00 bits per heavy atom. The summed E-state index contributed by atoms with van der Waals surface area (Å²) in [5, 5.41) is 2.86. The van der Waals surface area contributed by atoms with Gasteiger partial charge in [-0.2, -0.15) is 0 Å². The summed E-state index contributed by atoms with van der Waals surface area (Å²) in [5.41, 5.74) is 1.20. The van der Waals surface area contributed by atoms with Crippen LogP contribution in [0, 0.1) is 0 Å². The molecule has 0 unspecified atom stereocenters. The molecule has 0 saturated carbocycles. The van der Waals surface area contributed by atoms with E-state index in [1.165, 1.54) is 0 Å². The van der Waals surface area contributed by atoms with Crippen molar-refractivity contribution in [2.24, 2.45) is 0 Å². The maximum absolute atomic E-state index is 12.4. The lowest BCUT2D eigenvalue weighted by atomic mass is 10.1. The number of hydrogen-bond donors (Lipinski definition) is 1. The third-order valence-corrected chi connectivity index (χ3v) is 3.88. The Kier molecular flexibility index (Phi) is 4.83. The van der Waals surface area contributed by atoms with Crippen LogP contribution in [-0.2, 0) is 6.54 Å². The number of benzene rings is 2. The van der Waals surface area contributed by atoms with Crippen LogP contribution in [0.25, 0.3) is 0 Å². The highest BCUT2D eigenvalue weighted by Gasteiger charge is 2.18. The van der Waals surface area contributed by atoms with E-state index < -0.39 is 0 Å². The van der Waals surface area contributed by atoms with E-state index >= 15 is 0 Å². The van der Waals surface area contributed by atoms with Crippen molar-refractivity contribution in [3.63, 3.8) is 0 Å². The fourth-order valence-corrected chi connectivity index (χ4v) is 2.56. The first-order chi connectivity index (χ1) is 12.2. The topological polar surface area (TPSA) is 75.3 Å². The van der Waals surface area contributed by atoms with E-state index in [2.05, 4.69) is 5.32 Å². The van der Waals surface area contributed by atoms with Crippen LogP contribution >= 0.6 is 0 Å². The monoisotopic (exact) mass is 345 g/mol. The molecule has 1 amide bonds. The molecule has 2 aromatic carbocycles. The van der Waals surface area contributed by atoms with E-state index in [0.29, 0.717) is 34.3 Å². The lowest BCUT2D eigenvalue weighted by Crippen LogP contribution is -2.23. The molecule has 1 aliphatic rings. The number of methoxy groups -OCH3 is 3. The van der Waals surface area contributed by atoms with E-state index in [1.54, 1.807) is 51.7 Å². The van der Waals surface area contributed by atoms with Crippen molar-refractivity contribution in [3.8, 4) is 28.7 Å². The number of carbonyl (C=O) groups excluding carboxylic acids is 1. The van der Waals surface area contributed by atoms with Gasteiger partial charge in [-0.3, -0.25) is 4.79 Å². The van der Waals surface area contributed by atoms with Gasteiger partial charge < -0.3 is 29.0 Å². The van der Waals surface area contributed by atoms with Crippen molar-refractivity contribution in [1.29, 1.82) is 0 Å². The van der Waals surface area contributed by atoms with Crippen LogP contribution in [0.3, 0.4) is 0 Å². The highest BCUT2D eigenvalue weighted by atomic mass is 16.7. The smallest absolute Gasteiger partial charge is 0.251 e. The SMILES string of the molecule is COc1cc(OC)c(CNC(=O)c2ccc3c(c2)OCO3)c(OC)c1. The van der Waals surface area contributed by atoms with Gasteiger partial charge in [0, 0.05) is 17.7 Å². The number of amides is 1. The Hall–Kier alpha value is -3.09. The van der Waals surface area contributed by atoms with Crippen LogP contribution in [0.1, 0.15) is 15.9 Å². The van der Waals surface area contributed by atoms with E-state index in [1.807, 2.05) is 0 Å². The summed E-state index contributed by atoms with van der Waals surface area (Å²) < 4.78 is 26.5. The first kappa shape index (κ1) is 16.8. The molecule has 1 aliphatic heterocycles. The second-order valence-corrected chi connectivity index (χ2v) is 5.26. The van der Waals surface area contributed by atoms with Gasteiger partial charge in [-0.25, -0.2) is 0 Å². The Labute approximate surface area is 145 Å². The molecule has 2 aromatic rings. The molecule has 0 atom stereocenters. The zero-order valence-corrected chi connectivity index (χ0v) is 14.3. The average molecular weight is 345 g/mol. The highest BCUT2D eigenvalue weighted by Crippen LogP contribution is 2.34. The van der Waals surface area contributed by atoms with Crippen molar-refractivity contribution in [1.82, 2.24) is 5.32 Å². The predicted molar refractivity (Wildman–Crippen MR) is 89.8 cm³/mol. The average Bonchev–Trinajstić information content (AvgIpc) is 3.12. The van der Waals surface area contributed by atoms with Gasteiger partial charge in [-0.15, -0.1) is 0 Å². The van der Waals surface area contributed by atoms with Crippen molar-refractivity contribution < 1.29 is 28.5 Å². The molecule has 0 aromatic heterocycles. The molecule has 0 fully saturated rings. The van der Waals surface area contributed by atoms with Gasteiger partial charge in [-0.05, 0) is 18.2 Å². The highest BCUT2D eigenvalue weighted by molar-refractivity contribution is 5.95. The minimum atomic E-state index is -0.238. The number of rotatable bonds is 6. The Morgan fingerprint density at radius 2 is 1.68 bits per heavy atom. The summed E-state index contributed by atoms with van der Waals surface area (Å²) in [6.07, 6.45) is 0. The van der Waals surface area contributed by atoms with Crippen LogP contribution < -0.4 is 29.0 Å². The minimum absolute atomic E-state index is 0.167. The zero-order valence-electron chi connectivity index (χ0n) is 14.3. The maximum Gasteiger partial charge on any atom is 0.251 e. The van der Waals surface area contributed by atoms with Crippen molar-refractivity contribution in [2.45, 2.75) is 6.54 Å². The molecule has 0 aliphatic carbocycles. The molecule has 25 heavy (non-hydrogen) atoms. The first-order valence-electron chi connectivity index (χ1n) is 7.63. The molecular weight excluding hydrogens is 326 g/mol. The molecule has 1 heterocycles. The second kappa shape index (κ2) is 7.21. The van der Waals surface area contributed by atoms with Crippen LogP contribution in [0.15, 0.2) is 30.3 Å². The van der Waals surface area contributed by atoms with Crippen molar-refractivity contribution >= 4 is 5.91 Å². The maximum atomic E-state index is 12.4. The van der Waals surface area contributed by atoms with Crippen LogP contribution in [-0.4, -0.2) is 34.0 Å². The van der Waals surface area contributed by atoms with Gasteiger partial charge in [-0.1, -0.05) is 0 Å². The molecule has 3 rings (SSSR count).